The molecule has 3 unspecified atom stereocenters. The normalized spacial score (nSPS) is 31.1. The number of primary amides is 1. The Balaban J connectivity index is 1.70. The summed E-state index contributed by atoms with van der Waals surface area (Å²) in [5.74, 6) is 0.632. The minimum absolute atomic E-state index is 0.174. The van der Waals surface area contributed by atoms with Crippen LogP contribution < -0.4 is 16.4 Å². The number of rotatable bonds is 7. The van der Waals surface area contributed by atoms with Crippen LogP contribution in [-0.2, 0) is 4.79 Å². The maximum atomic E-state index is 10.7. The molecule has 4 nitrogen and oxygen atoms in total. The first-order chi connectivity index (χ1) is 9.77. The average Bonchev–Trinajstić information content (AvgIpc) is 2.48. The fourth-order valence-corrected chi connectivity index (χ4v) is 3.85. The molecule has 2 fully saturated rings. The van der Waals surface area contributed by atoms with Crippen LogP contribution in [0.4, 0.5) is 0 Å². The van der Waals surface area contributed by atoms with E-state index in [1.807, 2.05) is 0 Å². The molecule has 0 bridgehead atoms. The van der Waals surface area contributed by atoms with Crippen molar-refractivity contribution in [2.24, 2.45) is 11.7 Å². The summed E-state index contributed by atoms with van der Waals surface area (Å²) in [7, 11) is 0. The van der Waals surface area contributed by atoms with Gasteiger partial charge in [0.25, 0.3) is 0 Å². The Morgan fingerprint density at radius 1 is 1.10 bits per heavy atom. The number of unbranched alkanes of at least 4 members (excludes halogenated alkanes) is 1. The van der Waals surface area contributed by atoms with Crippen LogP contribution in [0.5, 0.6) is 0 Å². The number of nitrogens with one attached hydrogen (secondary N) is 2. The lowest BCUT2D eigenvalue weighted by molar-refractivity contribution is -0.118. The molecule has 4 N–H and O–H groups in total. The van der Waals surface area contributed by atoms with Gasteiger partial charge in [0, 0.05) is 18.5 Å². The molecule has 20 heavy (non-hydrogen) atoms. The van der Waals surface area contributed by atoms with Gasteiger partial charge in [0.05, 0.1) is 0 Å². The zero-order chi connectivity index (χ0) is 14.2. The van der Waals surface area contributed by atoms with Gasteiger partial charge in [0.2, 0.25) is 5.91 Å². The van der Waals surface area contributed by atoms with Gasteiger partial charge in [0.15, 0.2) is 0 Å². The van der Waals surface area contributed by atoms with Crippen molar-refractivity contribution < 1.29 is 4.79 Å². The molecule has 1 amide bonds. The molecule has 0 aromatic carbocycles. The van der Waals surface area contributed by atoms with Gasteiger partial charge in [-0.25, -0.2) is 0 Å². The molecule has 1 saturated heterocycles. The van der Waals surface area contributed by atoms with E-state index in [0.717, 1.165) is 31.3 Å². The van der Waals surface area contributed by atoms with E-state index in [1.165, 1.54) is 51.5 Å². The molecule has 1 saturated carbocycles. The molecule has 1 aliphatic carbocycles. The second-order valence-electron chi connectivity index (χ2n) is 6.49. The molecule has 1 heterocycles. The van der Waals surface area contributed by atoms with Crippen LogP contribution in [0.2, 0.25) is 0 Å². The minimum atomic E-state index is -0.174. The Labute approximate surface area is 123 Å². The number of carbonyl (C=O) groups is 1. The standard InChI is InChI=1S/C16H31N3O/c17-16(20)10-4-6-12-19-14-8-2-1-7-13(14)15-9-3-5-11-18-15/h13-15,18-19H,1-12H2,(H2,17,20). The third-order valence-electron chi connectivity index (χ3n) is 4.94. The van der Waals surface area contributed by atoms with Crippen molar-refractivity contribution in [1.29, 1.82) is 0 Å². The second kappa shape index (κ2) is 8.63. The van der Waals surface area contributed by atoms with Crippen LogP contribution in [-0.4, -0.2) is 31.1 Å². The van der Waals surface area contributed by atoms with Gasteiger partial charge in [-0.15, -0.1) is 0 Å². The first-order valence-electron chi connectivity index (χ1n) is 8.52. The molecule has 0 aromatic heterocycles. The molecule has 3 atom stereocenters. The highest BCUT2D eigenvalue weighted by molar-refractivity contribution is 5.73. The summed E-state index contributed by atoms with van der Waals surface area (Å²) in [6.45, 7) is 2.23. The molecule has 2 rings (SSSR count). The summed E-state index contributed by atoms with van der Waals surface area (Å²) < 4.78 is 0. The van der Waals surface area contributed by atoms with Crippen LogP contribution in [0.1, 0.15) is 64.2 Å². The predicted octanol–water partition coefficient (Wildman–Crippen LogP) is 1.93. The monoisotopic (exact) mass is 281 g/mol. The second-order valence-corrected chi connectivity index (χ2v) is 6.49. The van der Waals surface area contributed by atoms with E-state index in [0.29, 0.717) is 12.5 Å². The van der Waals surface area contributed by atoms with E-state index in [4.69, 9.17) is 5.73 Å². The Bertz CT molecular complexity index is 289. The van der Waals surface area contributed by atoms with Gasteiger partial charge in [-0.2, -0.15) is 0 Å². The number of hydrogen-bond donors (Lipinski definition) is 3. The Hall–Kier alpha value is -0.610. The average molecular weight is 281 g/mol. The van der Waals surface area contributed by atoms with Gasteiger partial charge < -0.3 is 16.4 Å². The van der Waals surface area contributed by atoms with Gasteiger partial charge in [0.1, 0.15) is 0 Å². The fourth-order valence-electron chi connectivity index (χ4n) is 3.85. The summed E-state index contributed by atoms with van der Waals surface area (Å²) in [4.78, 5) is 10.7. The van der Waals surface area contributed by atoms with Crippen molar-refractivity contribution in [2.45, 2.75) is 76.3 Å². The van der Waals surface area contributed by atoms with Gasteiger partial charge in [-0.3, -0.25) is 4.79 Å². The quantitative estimate of drug-likeness (QED) is 0.625. The summed E-state index contributed by atoms with van der Waals surface area (Å²) in [5.41, 5.74) is 5.17. The van der Waals surface area contributed by atoms with Crippen molar-refractivity contribution in [3.8, 4) is 0 Å². The topological polar surface area (TPSA) is 67.2 Å². The zero-order valence-electron chi connectivity index (χ0n) is 12.7. The maximum absolute atomic E-state index is 10.7. The molecule has 0 aromatic rings. The molecule has 4 heteroatoms. The highest BCUT2D eigenvalue weighted by atomic mass is 16.1. The van der Waals surface area contributed by atoms with E-state index in [2.05, 4.69) is 10.6 Å². The predicted molar refractivity (Wildman–Crippen MR) is 82.4 cm³/mol. The van der Waals surface area contributed by atoms with Crippen LogP contribution in [0.25, 0.3) is 0 Å². The third kappa shape index (κ3) is 5.06. The van der Waals surface area contributed by atoms with E-state index < -0.39 is 0 Å². The number of carbonyl (C=O) groups excluding carboxylic acids is 1. The highest BCUT2D eigenvalue weighted by Gasteiger charge is 2.31. The van der Waals surface area contributed by atoms with E-state index in [1.54, 1.807) is 0 Å². The minimum Gasteiger partial charge on any atom is -0.370 e. The van der Waals surface area contributed by atoms with Gasteiger partial charge in [-0.1, -0.05) is 19.3 Å². The van der Waals surface area contributed by atoms with Crippen molar-refractivity contribution in [2.75, 3.05) is 13.1 Å². The number of amides is 1. The first kappa shape index (κ1) is 15.8. The van der Waals surface area contributed by atoms with E-state index in [9.17, 15) is 4.79 Å². The van der Waals surface area contributed by atoms with Gasteiger partial charge in [-0.05, 0) is 57.5 Å². The van der Waals surface area contributed by atoms with Crippen molar-refractivity contribution >= 4 is 5.91 Å². The van der Waals surface area contributed by atoms with E-state index >= 15 is 0 Å². The third-order valence-corrected chi connectivity index (χ3v) is 4.94. The fraction of sp³-hybridized carbons (Fsp3) is 0.938. The SMILES string of the molecule is NC(=O)CCCCNC1CCCCC1C1CCCCN1. The van der Waals surface area contributed by atoms with Crippen LogP contribution in [0.15, 0.2) is 0 Å². The molecule has 0 radical (unpaired) electrons. The number of piperidine rings is 1. The van der Waals surface area contributed by atoms with Crippen LogP contribution in [0.3, 0.4) is 0 Å². The Kier molecular flexibility index (Phi) is 6.80. The maximum Gasteiger partial charge on any atom is 0.217 e. The van der Waals surface area contributed by atoms with Crippen LogP contribution >= 0.6 is 0 Å². The lowest BCUT2D eigenvalue weighted by Gasteiger charge is -2.40. The lowest BCUT2D eigenvalue weighted by Crippen LogP contribution is -2.50. The van der Waals surface area contributed by atoms with Crippen molar-refractivity contribution in [1.82, 2.24) is 10.6 Å². The zero-order valence-corrected chi connectivity index (χ0v) is 12.7. The summed E-state index contributed by atoms with van der Waals surface area (Å²) in [5, 5.41) is 7.48. The van der Waals surface area contributed by atoms with Crippen LogP contribution in [0, 0.1) is 5.92 Å². The highest BCUT2D eigenvalue weighted by Crippen LogP contribution is 2.30. The molecule has 0 spiro atoms. The molecular formula is C16H31N3O. The van der Waals surface area contributed by atoms with Gasteiger partial charge >= 0.3 is 0 Å². The lowest BCUT2D eigenvalue weighted by atomic mass is 9.77. The van der Waals surface area contributed by atoms with Crippen molar-refractivity contribution in [3.05, 3.63) is 0 Å². The molecule has 116 valence electrons. The number of hydrogen-bond acceptors (Lipinski definition) is 3. The summed E-state index contributed by atoms with van der Waals surface area (Å²) >= 11 is 0. The first-order valence-corrected chi connectivity index (χ1v) is 8.52. The largest absolute Gasteiger partial charge is 0.370 e. The molecule has 2 aliphatic rings. The van der Waals surface area contributed by atoms with E-state index in [-0.39, 0.29) is 5.91 Å². The number of nitrogens with two attached hydrogens (primary N) is 1. The van der Waals surface area contributed by atoms with Crippen molar-refractivity contribution in [3.63, 3.8) is 0 Å². The Morgan fingerprint density at radius 2 is 1.90 bits per heavy atom. The summed E-state index contributed by atoms with van der Waals surface area (Å²) in [6, 6.07) is 1.40. The molecular weight excluding hydrogens is 250 g/mol. The summed E-state index contributed by atoms with van der Waals surface area (Å²) in [6.07, 6.45) is 12.0. The Morgan fingerprint density at radius 3 is 2.65 bits per heavy atom. The smallest absolute Gasteiger partial charge is 0.217 e. The molecule has 1 aliphatic heterocycles.